The Morgan fingerprint density at radius 2 is 1.71 bits per heavy atom. The average Bonchev–Trinajstić information content (AvgIpc) is 2.57. The quantitative estimate of drug-likeness (QED) is 0.772. The van der Waals surface area contributed by atoms with Crippen molar-refractivity contribution in [2.24, 2.45) is 11.7 Å². The lowest BCUT2D eigenvalue weighted by Gasteiger charge is -2.28. The van der Waals surface area contributed by atoms with Crippen LogP contribution in [0, 0.1) is 5.92 Å². The fraction of sp³-hybridized carbons (Fsp3) is 1.00. The van der Waals surface area contributed by atoms with Gasteiger partial charge in [-0.25, -0.2) is 0 Å². The van der Waals surface area contributed by atoms with E-state index < -0.39 is 0 Å². The largest absolute Gasteiger partial charge is 0.381 e. The first-order chi connectivity index (χ1) is 8.38. The lowest BCUT2D eigenvalue weighted by molar-refractivity contribution is 0.0530. The molecule has 100 valence electrons. The van der Waals surface area contributed by atoms with Crippen LogP contribution in [-0.2, 0) is 4.74 Å². The van der Waals surface area contributed by atoms with Crippen LogP contribution in [0.5, 0.6) is 0 Å². The Morgan fingerprint density at radius 3 is 2.47 bits per heavy atom. The summed E-state index contributed by atoms with van der Waals surface area (Å²) < 4.78 is 5.42. The highest BCUT2D eigenvalue weighted by molar-refractivity contribution is 4.74. The highest BCUT2D eigenvalue weighted by atomic mass is 16.5. The molecule has 0 saturated carbocycles. The Kier molecular flexibility index (Phi) is 5.71. The number of hydrogen-bond acceptors (Lipinski definition) is 4. The summed E-state index contributed by atoms with van der Waals surface area (Å²) in [4.78, 5) is 5.15. The Hall–Kier alpha value is -0.160. The summed E-state index contributed by atoms with van der Waals surface area (Å²) >= 11 is 0. The maximum absolute atomic E-state index is 5.63. The van der Waals surface area contributed by atoms with E-state index in [-0.39, 0.29) is 0 Å². The molecule has 0 unspecified atom stereocenters. The topological polar surface area (TPSA) is 41.7 Å². The molecule has 4 nitrogen and oxygen atoms in total. The molecule has 0 aromatic carbocycles. The molecule has 2 fully saturated rings. The van der Waals surface area contributed by atoms with Gasteiger partial charge in [0.25, 0.3) is 0 Å². The monoisotopic (exact) mass is 241 g/mol. The fourth-order valence-corrected chi connectivity index (χ4v) is 2.91. The standard InChI is InChI=1S/C13H27N3O/c14-4-7-15-5-1-6-16(9-8-15)12-13-2-10-17-11-3-13/h13H,1-12,14H2. The molecule has 2 aliphatic rings. The predicted molar refractivity (Wildman–Crippen MR) is 70.1 cm³/mol. The molecule has 0 aromatic heterocycles. The van der Waals surface area contributed by atoms with Gasteiger partial charge in [-0.1, -0.05) is 0 Å². The highest BCUT2D eigenvalue weighted by Gasteiger charge is 2.19. The van der Waals surface area contributed by atoms with Crippen molar-refractivity contribution in [2.75, 3.05) is 59.0 Å². The first kappa shape index (κ1) is 13.3. The SMILES string of the molecule is NCCN1CCCN(CC2CCOCC2)CC1. The summed E-state index contributed by atoms with van der Waals surface area (Å²) in [5.74, 6) is 0.866. The molecule has 0 amide bonds. The van der Waals surface area contributed by atoms with Gasteiger partial charge < -0.3 is 20.3 Å². The molecule has 0 aromatic rings. The van der Waals surface area contributed by atoms with Gasteiger partial charge in [0.05, 0.1) is 0 Å². The predicted octanol–water partition coefficient (Wildman–Crippen LogP) is 0.379. The summed E-state index contributed by atoms with van der Waals surface area (Å²) in [5.41, 5.74) is 5.63. The normalized spacial score (nSPS) is 25.9. The van der Waals surface area contributed by atoms with E-state index in [1.165, 1.54) is 52.0 Å². The summed E-state index contributed by atoms with van der Waals surface area (Å²) in [6, 6.07) is 0. The van der Waals surface area contributed by atoms with Gasteiger partial charge in [-0.15, -0.1) is 0 Å². The minimum absolute atomic E-state index is 0.792. The van der Waals surface area contributed by atoms with Crippen molar-refractivity contribution in [3.8, 4) is 0 Å². The zero-order valence-electron chi connectivity index (χ0n) is 10.9. The number of ether oxygens (including phenoxy) is 1. The third-order valence-electron chi connectivity index (χ3n) is 3.98. The maximum Gasteiger partial charge on any atom is 0.0469 e. The summed E-state index contributed by atoms with van der Waals surface area (Å²) in [5, 5.41) is 0. The second-order valence-electron chi connectivity index (χ2n) is 5.34. The smallest absolute Gasteiger partial charge is 0.0469 e. The van der Waals surface area contributed by atoms with Crippen LogP contribution in [0.4, 0.5) is 0 Å². The number of nitrogens with zero attached hydrogens (tertiary/aromatic N) is 2. The minimum Gasteiger partial charge on any atom is -0.381 e. The van der Waals surface area contributed by atoms with Gasteiger partial charge in [-0.2, -0.15) is 0 Å². The van der Waals surface area contributed by atoms with Gasteiger partial charge in [0.1, 0.15) is 0 Å². The Bertz CT molecular complexity index is 207. The van der Waals surface area contributed by atoms with Crippen molar-refractivity contribution in [3.05, 3.63) is 0 Å². The molecule has 2 saturated heterocycles. The first-order valence-electron chi connectivity index (χ1n) is 7.11. The Labute approximate surface area is 105 Å². The molecular formula is C13H27N3O. The van der Waals surface area contributed by atoms with Gasteiger partial charge in [-0.3, -0.25) is 0 Å². The van der Waals surface area contributed by atoms with Gasteiger partial charge >= 0.3 is 0 Å². The van der Waals surface area contributed by atoms with Crippen LogP contribution in [0.1, 0.15) is 19.3 Å². The molecule has 17 heavy (non-hydrogen) atoms. The molecule has 2 rings (SSSR count). The van der Waals surface area contributed by atoms with Crippen molar-refractivity contribution in [1.29, 1.82) is 0 Å². The third kappa shape index (κ3) is 4.54. The second-order valence-corrected chi connectivity index (χ2v) is 5.34. The summed E-state index contributed by atoms with van der Waals surface area (Å²) in [6.07, 6.45) is 3.80. The average molecular weight is 241 g/mol. The molecular weight excluding hydrogens is 214 g/mol. The molecule has 0 atom stereocenters. The highest BCUT2D eigenvalue weighted by Crippen LogP contribution is 2.17. The van der Waals surface area contributed by atoms with E-state index in [0.717, 1.165) is 32.2 Å². The van der Waals surface area contributed by atoms with E-state index in [9.17, 15) is 0 Å². The number of rotatable bonds is 4. The lowest BCUT2D eigenvalue weighted by atomic mass is 10.00. The molecule has 2 aliphatic heterocycles. The zero-order valence-corrected chi connectivity index (χ0v) is 10.9. The molecule has 4 heteroatoms. The molecule has 0 aliphatic carbocycles. The number of hydrogen-bond donors (Lipinski definition) is 1. The Balaban J connectivity index is 1.70. The number of nitrogens with two attached hydrogens (primary N) is 1. The second kappa shape index (κ2) is 7.31. The van der Waals surface area contributed by atoms with Crippen LogP contribution in [-0.4, -0.2) is 68.8 Å². The van der Waals surface area contributed by atoms with Crippen LogP contribution < -0.4 is 5.73 Å². The molecule has 0 spiro atoms. The van der Waals surface area contributed by atoms with Crippen LogP contribution in [0.3, 0.4) is 0 Å². The van der Waals surface area contributed by atoms with Gasteiger partial charge in [0.15, 0.2) is 0 Å². The van der Waals surface area contributed by atoms with Crippen molar-refractivity contribution >= 4 is 0 Å². The summed E-state index contributed by atoms with van der Waals surface area (Å²) in [7, 11) is 0. The van der Waals surface area contributed by atoms with E-state index in [1.807, 2.05) is 0 Å². The molecule has 2 N–H and O–H groups in total. The maximum atomic E-state index is 5.63. The van der Waals surface area contributed by atoms with Gasteiger partial charge in [0.2, 0.25) is 0 Å². The van der Waals surface area contributed by atoms with Crippen molar-refractivity contribution in [3.63, 3.8) is 0 Å². The summed E-state index contributed by atoms with van der Waals surface area (Å²) in [6.45, 7) is 9.97. The Morgan fingerprint density at radius 1 is 1.00 bits per heavy atom. The van der Waals surface area contributed by atoms with Crippen molar-refractivity contribution in [1.82, 2.24) is 9.80 Å². The van der Waals surface area contributed by atoms with Crippen LogP contribution in [0.2, 0.25) is 0 Å². The fourth-order valence-electron chi connectivity index (χ4n) is 2.91. The van der Waals surface area contributed by atoms with Crippen LogP contribution in [0.25, 0.3) is 0 Å². The molecule has 2 heterocycles. The zero-order chi connectivity index (χ0) is 11.9. The van der Waals surface area contributed by atoms with E-state index in [0.29, 0.717) is 0 Å². The van der Waals surface area contributed by atoms with Gasteiger partial charge in [-0.05, 0) is 38.3 Å². The van der Waals surface area contributed by atoms with Crippen LogP contribution in [0.15, 0.2) is 0 Å². The molecule has 0 radical (unpaired) electrons. The van der Waals surface area contributed by atoms with Gasteiger partial charge in [0, 0.05) is 45.9 Å². The van der Waals surface area contributed by atoms with Crippen LogP contribution >= 0.6 is 0 Å². The molecule has 0 bridgehead atoms. The minimum atomic E-state index is 0.792. The third-order valence-corrected chi connectivity index (χ3v) is 3.98. The van der Waals surface area contributed by atoms with E-state index in [4.69, 9.17) is 10.5 Å². The van der Waals surface area contributed by atoms with E-state index >= 15 is 0 Å². The van der Waals surface area contributed by atoms with E-state index in [2.05, 4.69) is 9.80 Å². The van der Waals surface area contributed by atoms with Crippen molar-refractivity contribution < 1.29 is 4.74 Å². The first-order valence-corrected chi connectivity index (χ1v) is 7.11. The van der Waals surface area contributed by atoms with E-state index in [1.54, 1.807) is 0 Å². The van der Waals surface area contributed by atoms with Crippen molar-refractivity contribution in [2.45, 2.75) is 19.3 Å². The lowest BCUT2D eigenvalue weighted by Crippen LogP contribution is -2.36.